The fourth-order valence-corrected chi connectivity index (χ4v) is 1.43. The molecule has 96 valence electrons. The summed E-state index contributed by atoms with van der Waals surface area (Å²) in [7, 11) is 3.39. The summed E-state index contributed by atoms with van der Waals surface area (Å²) in [5.41, 5.74) is 0. The normalized spacial score (nSPS) is 12.2. The second-order valence-electron chi connectivity index (χ2n) is 3.76. The van der Waals surface area contributed by atoms with Crippen molar-refractivity contribution >= 4 is 11.6 Å². The van der Waals surface area contributed by atoms with Gasteiger partial charge in [0.15, 0.2) is 0 Å². The van der Waals surface area contributed by atoms with Crippen molar-refractivity contribution in [3.8, 4) is 0 Å². The minimum Gasteiger partial charge on any atom is -0.391 e. The van der Waals surface area contributed by atoms with Crippen LogP contribution in [-0.2, 0) is 4.74 Å². The number of aliphatic hydroxyl groups is 1. The zero-order chi connectivity index (χ0) is 12.7. The molecule has 17 heavy (non-hydrogen) atoms. The Balaban J connectivity index is 2.43. The van der Waals surface area contributed by atoms with Gasteiger partial charge in [-0.15, -0.1) is 0 Å². The van der Waals surface area contributed by atoms with Gasteiger partial charge in [0.1, 0.15) is 17.5 Å². The molecule has 0 saturated heterocycles. The summed E-state index contributed by atoms with van der Waals surface area (Å²) in [4.78, 5) is 8.44. The van der Waals surface area contributed by atoms with E-state index in [1.54, 1.807) is 7.11 Å². The molecule has 6 heteroatoms. The molecule has 0 aromatic carbocycles. The number of nitrogens with one attached hydrogen (secondary N) is 2. The quantitative estimate of drug-likeness (QED) is 0.649. The van der Waals surface area contributed by atoms with Crippen molar-refractivity contribution in [1.82, 2.24) is 9.97 Å². The number of hydrogen-bond donors (Lipinski definition) is 3. The van der Waals surface area contributed by atoms with Crippen LogP contribution in [0, 0.1) is 6.92 Å². The van der Waals surface area contributed by atoms with E-state index in [1.165, 1.54) is 0 Å². The van der Waals surface area contributed by atoms with Crippen LogP contribution in [0.4, 0.5) is 11.6 Å². The van der Waals surface area contributed by atoms with Gasteiger partial charge in [-0.05, 0) is 13.3 Å². The Hall–Kier alpha value is -1.40. The highest BCUT2D eigenvalue weighted by Crippen LogP contribution is 2.10. The molecule has 0 aliphatic carbocycles. The number of hydrogen-bond acceptors (Lipinski definition) is 6. The molecule has 0 saturated carbocycles. The van der Waals surface area contributed by atoms with Crippen molar-refractivity contribution in [2.24, 2.45) is 0 Å². The lowest BCUT2D eigenvalue weighted by Crippen LogP contribution is -2.18. The van der Waals surface area contributed by atoms with Crippen molar-refractivity contribution in [3.63, 3.8) is 0 Å². The second-order valence-corrected chi connectivity index (χ2v) is 3.76. The van der Waals surface area contributed by atoms with Gasteiger partial charge in [-0.3, -0.25) is 0 Å². The van der Waals surface area contributed by atoms with Crippen molar-refractivity contribution in [2.45, 2.75) is 19.4 Å². The van der Waals surface area contributed by atoms with Crippen LogP contribution in [0.3, 0.4) is 0 Å². The molecule has 1 atom stereocenters. The summed E-state index contributed by atoms with van der Waals surface area (Å²) in [5.74, 6) is 2.24. The van der Waals surface area contributed by atoms with Gasteiger partial charge in [-0.2, -0.15) is 0 Å². The first-order chi connectivity index (χ1) is 8.15. The maximum Gasteiger partial charge on any atom is 0.131 e. The first-order valence-corrected chi connectivity index (χ1v) is 5.60. The largest absolute Gasteiger partial charge is 0.391 e. The van der Waals surface area contributed by atoms with E-state index >= 15 is 0 Å². The first kappa shape index (κ1) is 13.7. The van der Waals surface area contributed by atoms with E-state index in [4.69, 9.17) is 4.74 Å². The monoisotopic (exact) mass is 240 g/mol. The minimum absolute atomic E-state index is 0.353. The predicted octanol–water partition coefficient (Wildman–Crippen LogP) is 0.636. The number of methoxy groups -OCH3 is 1. The summed E-state index contributed by atoms with van der Waals surface area (Å²) in [6.07, 6.45) is 0.172. The first-order valence-electron chi connectivity index (χ1n) is 5.60. The summed E-state index contributed by atoms with van der Waals surface area (Å²) in [6.45, 7) is 2.84. The van der Waals surface area contributed by atoms with Gasteiger partial charge in [0, 0.05) is 26.8 Å². The molecule has 0 fully saturated rings. The Labute approximate surface area is 101 Å². The molecule has 1 rings (SSSR count). The van der Waals surface area contributed by atoms with Gasteiger partial charge in [0.2, 0.25) is 0 Å². The molecule has 0 bridgehead atoms. The number of aryl methyl sites for hydroxylation is 1. The average Bonchev–Trinajstić information content (AvgIpc) is 2.28. The lowest BCUT2D eigenvalue weighted by atomic mass is 10.2. The number of anilines is 2. The molecule has 1 aromatic rings. The highest BCUT2D eigenvalue weighted by molar-refractivity contribution is 5.46. The topological polar surface area (TPSA) is 79.3 Å². The molecular formula is C11H20N4O2. The standard InChI is InChI=1S/C11H20N4O2/c1-8-14-10(12-2)6-11(15-8)13-5-4-9(16)7-17-3/h6,9,16H,4-5,7H2,1-3H3,(H2,12,13,14,15). The molecule has 0 aliphatic rings. The van der Waals surface area contributed by atoms with Gasteiger partial charge in [-0.25, -0.2) is 9.97 Å². The molecule has 3 N–H and O–H groups in total. The van der Waals surface area contributed by atoms with E-state index in [0.29, 0.717) is 25.4 Å². The van der Waals surface area contributed by atoms with Crippen LogP contribution in [0.1, 0.15) is 12.2 Å². The number of aliphatic hydroxyl groups excluding tert-OH is 1. The van der Waals surface area contributed by atoms with Crippen LogP contribution in [-0.4, -0.2) is 48.5 Å². The maximum absolute atomic E-state index is 9.47. The van der Waals surface area contributed by atoms with E-state index in [0.717, 1.165) is 11.6 Å². The molecule has 0 spiro atoms. The molecule has 1 heterocycles. The Morgan fingerprint density at radius 2 is 2.12 bits per heavy atom. The summed E-state index contributed by atoms with van der Waals surface area (Å²) < 4.78 is 4.85. The van der Waals surface area contributed by atoms with Crippen molar-refractivity contribution in [2.75, 3.05) is 37.9 Å². The minimum atomic E-state index is -0.445. The Kier molecular flexibility index (Phi) is 5.65. The lowest BCUT2D eigenvalue weighted by Gasteiger charge is -2.11. The summed E-state index contributed by atoms with van der Waals surface area (Å²) in [5, 5.41) is 15.6. The van der Waals surface area contributed by atoms with Crippen LogP contribution in [0.2, 0.25) is 0 Å². The van der Waals surface area contributed by atoms with Crippen LogP contribution in [0.25, 0.3) is 0 Å². The molecular weight excluding hydrogens is 220 g/mol. The third-order valence-electron chi connectivity index (χ3n) is 2.24. The lowest BCUT2D eigenvalue weighted by molar-refractivity contribution is 0.0615. The highest BCUT2D eigenvalue weighted by Gasteiger charge is 2.04. The number of aromatic nitrogens is 2. The third-order valence-corrected chi connectivity index (χ3v) is 2.24. The summed E-state index contributed by atoms with van der Waals surface area (Å²) >= 11 is 0. The van der Waals surface area contributed by atoms with Crippen molar-refractivity contribution in [3.05, 3.63) is 11.9 Å². The second kappa shape index (κ2) is 7.03. The molecule has 6 nitrogen and oxygen atoms in total. The van der Waals surface area contributed by atoms with Gasteiger partial charge in [0.25, 0.3) is 0 Å². The number of rotatable bonds is 7. The number of ether oxygens (including phenoxy) is 1. The van der Waals surface area contributed by atoms with E-state index in [2.05, 4.69) is 20.6 Å². The predicted molar refractivity (Wildman–Crippen MR) is 67.3 cm³/mol. The zero-order valence-corrected chi connectivity index (χ0v) is 10.5. The van der Waals surface area contributed by atoms with E-state index < -0.39 is 6.10 Å². The zero-order valence-electron chi connectivity index (χ0n) is 10.5. The summed E-state index contributed by atoms with van der Waals surface area (Å²) in [6, 6.07) is 1.83. The smallest absolute Gasteiger partial charge is 0.131 e. The van der Waals surface area contributed by atoms with Gasteiger partial charge in [-0.1, -0.05) is 0 Å². The van der Waals surface area contributed by atoms with Crippen LogP contribution < -0.4 is 10.6 Å². The average molecular weight is 240 g/mol. The van der Waals surface area contributed by atoms with Gasteiger partial charge in [0.05, 0.1) is 12.7 Å². The van der Waals surface area contributed by atoms with Crippen LogP contribution in [0.15, 0.2) is 6.07 Å². The van der Waals surface area contributed by atoms with E-state index in [-0.39, 0.29) is 0 Å². The third kappa shape index (κ3) is 4.97. The highest BCUT2D eigenvalue weighted by atomic mass is 16.5. The van der Waals surface area contributed by atoms with Crippen LogP contribution in [0.5, 0.6) is 0 Å². The Morgan fingerprint density at radius 3 is 2.76 bits per heavy atom. The van der Waals surface area contributed by atoms with Crippen molar-refractivity contribution < 1.29 is 9.84 Å². The van der Waals surface area contributed by atoms with Crippen LogP contribution >= 0.6 is 0 Å². The Morgan fingerprint density at radius 1 is 1.41 bits per heavy atom. The van der Waals surface area contributed by atoms with E-state index in [1.807, 2.05) is 20.0 Å². The molecule has 0 radical (unpaired) electrons. The molecule has 0 aliphatic heterocycles. The molecule has 1 unspecified atom stereocenters. The van der Waals surface area contributed by atoms with Gasteiger partial charge >= 0.3 is 0 Å². The van der Waals surface area contributed by atoms with Gasteiger partial charge < -0.3 is 20.5 Å². The molecule has 1 aromatic heterocycles. The number of nitrogens with zero attached hydrogens (tertiary/aromatic N) is 2. The van der Waals surface area contributed by atoms with E-state index in [9.17, 15) is 5.11 Å². The SMILES string of the molecule is CNc1cc(NCCC(O)COC)nc(C)n1. The fraction of sp³-hybridized carbons (Fsp3) is 0.636. The molecule has 0 amide bonds. The fourth-order valence-electron chi connectivity index (χ4n) is 1.43. The Bertz CT molecular complexity index is 346. The maximum atomic E-state index is 9.47. The van der Waals surface area contributed by atoms with Crippen molar-refractivity contribution in [1.29, 1.82) is 0 Å².